The van der Waals surface area contributed by atoms with Crippen molar-refractivity contribution in [2.45, 2.75) is 26.0 Å². The molecule has 1 atom stereocenters. The summed E-state index contributed by atoms with van der Waals surface area (Å²) in [7, 11) is 0. The molecule has 1 aromatic heterocycles. The molecule has 1 fully saturated rings. The van der Waals surface area contributed by atoms with Crippen LogP contribution < -0.4 is 4.74 Å². The Balaban J connectivity index is 1.51. The molecule has 6 nitrogen and oxygen atoms in total. The highest BCUT2D eigenvalue weighted by molar-refractivity contribution is 5.22. The van der Waals surface area contributed by atoms with Crippen molar-refractivity contribution in [3.8, 4) is 5.75 Å². The largest absolute Gasteiger partial charge is 0.486 e. The number of hydrogen-bond acceptors (Lipinski definition) is 5. The van der Waals surface area contributed by atoms with Crippen molar-refractivity contribution in [3.05, 3.63) is 41.7 Å². The summed E-state index contributed by atoms with van der Waals surface area (Å²) >= 11 is 0. The summed E-state index contributed by atoms with van der Waals surface area (Å²) in [5, 5.41) is 7.11. The second-order valence-corrected chi connectivity index (χ2v) is 5.65. The monoisotopic (exact) mass is 320 g/mol. The first-order valence-corrected chi connectivity index (χ1v) is 7.81. The van der Waals surface area contributed by atoms with E-state index in [0.717, 1.165) is 38.5 Å². The maximum atomic E-state index is 13.1. The number of benzene rings is 1. The molecule has 0 bridgehead atoms. The molecule has 3 rings (SSSR count). The van der Waals surface area contributed by atoms with Crippen LogP contribution in [0.15, 0.2) is 24.3 Å². The average molecular weight is 320 g/mol. The lowest BCUT2D eigenvalue weighted by Crippen LogP contribution is -2.43. The fourth-order valence-corrected chi connectivity index (χ4v) is 2.61. The molecular formula is C16H21FN4O2. The lowest BCUT2D eigenvalue weighted by Gasteiger charge is -2.31. The molecule has 1 N–H and O–H groups in total. The number of nitrogens with one attached hydrogen (secondary N) is 1. The molecule has 0 spiro atoms. The minimum absolute atomic E-state index is 0.238. The van der Waals surface area contributed by atoms with E-state index in [2.05, 4.69) is 27.0 Å². The molecule has 1 aromatic carbocycles. The third-order valence-electron chi connectivity index (χ3n) is 3.90. The minimum atomic E-state index is -0.319. The molecular weight excluding hydrogens is 299 g/mol. The fourth-order valence-electron chi connectivity index (χ4n) is 2.61. The lowest BCUT2D eigenvalue weighted by molar-refractivity contribution is 0.0200. The van der Waals surface area contributed by atoms with E-state index in [1.165, 1.54) is 12.1 Å². The highest BCUT2D eigenvalue weighted by Gasteiger charge is 2.19. The smallest absolute Gasteiger partial charge is 0.162 e. The number of halogens is 1. The third-order valence-corrected chi connectivity index (χ3v) is 3.90. The Bertz CT molecular complexity index is 628. The molecule has 23 heavy (non-hydrogen) atoms. The minimum Gasteiger partial charge on any atom is -0.486 e. The van der Waals surface area contributed by atoms with Gasteiger partial charge in [0.25, 0.3) is 0 Å². The quantitative estimate of drug-likeness (QED) is 0.879. The molecule has 1 aliphatic rings. The first kappa shape index (κ1) is 15.9. The van der Waals surface area contributed by atoms with Gasteiger partial charge in [0.15, 0.2) is 11.6 Å². The predicted octanol–water partition coefficient (Wildman–Crippen LogP) is 1.79. The Morgan fingerprint density at radius 2 is 2.22 bits per heavy atom. The number of ether oxygens (including phenoxy) is 2. The number of H-pyrrole nitrogens is 1. The maximum Gasteiger partial charge on any atom is 0.162 e. The molecule has 1 aliphatic heterocycles. The lowest BCUT2D eigenvalue weighted by atomic mass is 10.2. The molecule has 124 valence electrons. The summed E-state index contributed by atoms with van der Waals surface area (Å²) in [4.78, 5) is 6.82. The van der Waals surface area contributed by atoms with Gasteiger partial charge in [0.2, 0.25) is 0 Å². The van der Waals surface area contributed by atoms with Crippen molar-refractivity contribution in [2.75, 3.05) is 26.3 Å². The highest BCUT2D eigenvalue weighted by Crippen LogP contribution is 2.13. The third kappa shape index (κ3) is 4.49. The summed E-state index contributed by atoms with van der Waals surface area (Å²) in [6.07, 6.45) is 0.774. The van der Waals surface area contributed by atoms with Gasteiger partial charge in [0, 0.05) is 31.6 Å². The Kier molecular flexibility index (Phi) is 5.19. The standard InChI is InChI=1S/C16H21FN4O2/c1-12(21-5-7-22-8-6-21)9-15-18-16(20-19-15)11-23-14-4-2-3-13(17)10-14/h2-4,10,12H,5-9,11H2,1H3,(H,18,19,20). The summed E-state index contributed by atoms with van der Waals surface area (Å²) in [5.74, 6) is 1.56. The number of morpholine rings is 1. The fraction of sp³-hybridized carbons (Fsp3) is 0.500. The molecule has 0 aliphatic carbocycles. The van der Waals surface area contributed by atoms with Crippen molar-refractivity contribution in [1.29, 1.82) is 0 Å². The Hall–Kier alpha value is -1.99. The van der Waals surface area contributed by atoms with Crippen molar-refractivity contribution in [2.24, 2.45) is 0 Å². The van der Waals surface area contributed by atoms with Crippen molar-refractivity contribution in [1.82, 2.24) is 20.1 Å². The SMILES string of the molecule is CC(Cc1n[nH]c(COc2cccc(F)c2)n1)N1CCOCC1. The molecule has 1 unspecified atom stereocenters. The van der Waals surface area contributed by atoms with Gasteiger partial charge in [0.05, 0.1) is 13.2 Å². The van der Waals surface area contributed by atoms with Crippen LogP contribution in [0, 0.1) is 5.82 Å². The summed E-state index contributed by atoms with van der Waals surface area (Å²) < 4.78 is 24.0. The topological polar surface area (TPSA) is 63.3 Å². The van der Waals surface area contributed by atoms with E-state index in [1.807, 2.05) is 0 Å². The van der Waals surface area contributed by atoms with Crippen LogP contribution in [0.1, 0.15) is 18.6 Å². The Morgan fingerprint density at radius 3 is 3.00 bits per heavy atom. The number of aromatic nitrogens is 3. The van der Waals surface area contributed by atoms with Crippen molar-refractivity contribution in [3.63, 3.8) is 0 Å². The number of hydrogen-bond donors (Lipinski definition) is 1. The first-order valence-electron chi connectivity index (χ1n) is 7.81. The van der Waals surface area contributed by atoms with Crippen LogP contribution in [-0.2, 0) is 17.8 Å². The van der Waals surface area contributed by atoms with Gasteiger partial charge in [-0.3, -0.25) is 10.00 Å². The zero-order chi connectivity index (χ0) is 16.1. The van der Waals surface area contributed by atoms with E-state index in [1.54, 1.807) is 12.1 Å². The van der Waals surface area contributed by atoms with Gasteiger partial charge in [0.1, 0.15) is 18.2 Å². The van der Waals surface area contributed by atoms with Crippen LogP contribution in [0.25, 0.3) is 0 Å². The van der Waals surface area contributed by atoms with Gasteiger partial charge in [-0.2, -0.15) is 5.10 Å². The second kappa shape index (κ2) is 7.52. The molecule has 2 heterocycles. The van der Waals surface area contributed by atoms with E-state index in [0.29, 0.717) is 17.6 Å². The molecule has 0 amide bonds. The van der Waals surface area contributed by atoms with Gasteiger partial charge in [-0.15, -0.1) is 0 Å². The highest BCUT2D eigenvalue weighted by atomic mass is 19.1. The van der Waals surface area contributed by atoms with Crippen LogP contribution in [0.3, 0.4) is 0 Å². The van der Waals surface area contributed by atoms with Gasteiger partial charge in [-0.05, 0) is 19.1 Å². The summed E-state index contributed by atoms with van der Waals surface area (Å²) in [5.41, 5.74) is 0. The molecule has 7 heteroatoms. The van der Waals surface area contributed by atoms with Crippen LogP contribution in [-0.4, -0.2) is 52.4 Å². The molecule has 1 saturated heterocycles. The summed E-state index contributed by atoms with van der Waals surface area (Å²) in [6, 6.07) is 6.41. The molecule has 0 radical (unpaired) electrons. The Morgan fingerprint density at radius 1 is 1.39 bits per heavy atom. The first-order chi connectivity index (χ1) is 11.2. The van der Waals surface area contributed by atoms with E-state index in [-0.39, 0.29) is 12.4 Å². The zero-order valence-corrected chi connectivity index (χ0v) is 13.2. The number of rotatable bonds is 6. The van der Waals surface area contributed by atoms with Crippen LogP contribution in [0.4, 0.5) is 4.39 Å². The van der Waals surface area contributed by atoms with E-state index < -0.39 is 0 Å². The van der Waals surface area contributed by atoms with Gasteiger partial charge < -0.3 is 9.47 Å². The number of nitrogens with zero attached hydrogens (tertiary/aromatic N) is 3. The normalized spacial score (nSPS) is 17.1. The second-order valence-electron chi connectivity index (χ2n) is 5.65. The zero-order valence-electron chi connectivity index (χ0n) is 13.2. The molecule has 2 aromatic rings. The van der Waals surface area contributed by atoms with Crippen LogP contribution in [0.5, 0.6) is 5.75 Å². The summed E-state index contributed by atoms with van der Waals surface area (Å²) in [6.45, 7) is 5.87. The maximum absolute atomic E-state index is 13.1. The van der Waals surface area contributed by atoms with Gasteiger partial charge in [-0.25, -0.2) is 9.37 Å². The van der Waals surface area contributed by atoms with Crippen LogP contribution >= 0.6 is 0 Å². The predicted molar refractivity (Wildman–Crippen MR) is 82.7 cm³/mol. The van der Waals surface area contributed by atoms with Gasteiger partial charge >= 0.3 is 0 Å². The van der Waals surface area contributed by atoms with E-state index >= 15 is 0 Å². The van der Waals surface area contributed by atoms with Gasteiger partial charge in [-0.1, -0.05) is 6.07 Å². The van der Waals surface area contributed by atoms with E-state index in [9.17, 15) is 4.39 Å². The number of aromatic amines is 1. The molecule has 0 saturated carbocycles. The average Bonchev–Trinajstić information content (AvgIpc) is 3.01. The van der Waals surface area contributed by atoms with E-state index in [4.69, 9.17) is 9.47 Å². The van der Waals surface area contributed by atoms with Crippen LogP contribution in [0.2, 0.25) is 0 Å². The van der Waals surface area contributed by atoms with Crippen molar-refractivity contribution >= 4 is 0 Å². The Labute approximate surface area is 134 Å². The van der Waals surface area contributed by atoms with Crippen molar-refractivity contribution < 1.29 is 13.9 Å².